The second-order valence-corrected chi connectivity index (χ2v) is 6.89. The highest BCUT2D eigenvalue weighted by molar-refractivity contribution is 9.09. The standard InChI is InChI=1S/C12H21Br2NO2/c1-11(2,3)17-10(16)15-6-4-5-12(7-13,8-14)9-15/h4-9H2,1-3H3. The molecule has 1 aliphatic heterocycles. The van der Waals surface area contributed by atoms with Crippen LogP contribution >= 0.6 is 31.9 Å². The molecule has 0 bridgehead atoms. The predicted molar refractivity (Wildman–Crippen MR) is 77.1 cm³/mol. The Hall–Kier alpha value is 0.230. The summed E-state index contributed by atoms with van der Waals surface area (Å²) in [5.74, 6) is 0. The fourth-order valence-corrected chi connectivity index (χ4v) is 3.79. The Balaban J connectivity index is 2.63. The van der Waals surface area contributed by atoms with Gasteiger partial charge in [0.1, 0.15) is 5.60 Å². The van der Waals surface area contributed by atoms with Gasteiger partial charge in [0.15, 0.2) is 0 Å². The SMILES string of the molecule is CC(C)(C)OC(=O)N1CCCC(CBr)(CBr)C1. The zero-order valence-corrected chi connectivity index (χ0v) is 13.9. The second-order valence-electron chi connectivity index (χ2n) is 5.77. The first-order valence-electron chi connectivity index (χ1n) is 5.92. The molecule has 1 aliphatic rings. The molecule has 3 nitrogen and oxygen atoms in total. The predicted octanol–water partition coefficient (Wildman–Crippen LogP) is 3.79. The Kier molecular flexibility index (Phi) is 5.32. The van der Waals surface area contributed by atoms with Gasteiger partial charge < -0.3 is 9.64 Å². The van der Waals surface area contributed by atoms with Crippen molar-refractivity contribution < 1.29 is 9.53 Å². The van der Waals surface area contributed by atoms with Crippen molar-refractivity contribution in [3.8, 4) is 0 Å². The normalized spacial score (nSPS) is 20.2. The molecule has 0 aromatic carbocycles. The molecule has 17 heavy (non-hydrogen) atoms. The number of hydrogen-bond acceptors (Lipinski definition) is 2. The maximum absolute atomic E-state index is 12.0. The van der Waals surface area contributed by atoms with Crippen LogP contribution in [0.2, 0.25) is 0 Å². The zero-order valence-electron chi connectivity index (χ0n) is 10.8. The molecule has 0 unspecified atom stereocenters. The molecule has 0 saturated carbocycles. The molecule has 1 heterocycles. The van der Waals surface area contributed by atoms with Crippen LogP contribution in [0.4, 0.5) is 4.79 Å². The van der Waals surface area contributed by atoms with Gasteiger partial charge in [-0.1, -0.05) is 31.9 Å². The summed E-state index contributed by atoms with van der Waals surface area (Å²) in [6.07, 6.45) is 1.99. The van der Waals surface area contributed by atoms with Gasteiger partial charge >= 0.3 is 6.09 Å². The molecule has 0 aliphatic carbocycles. The molecule has 0 aromatic heterocycles. The Morgan fingerprint density at radius 2 is 1.94 bits per heavy atom. The van der Waals surface area contributed by atoms with Crippen molar-refractivity contribution in [1.29, 1.82) is 0 Å². The van der Waals surface area contributed by atoms with Crippen molar-refractivity contribution >= 4 is 38.0 Å². The Labute approximate surface area is 121 Å². The number of rotatable bonds is 2. The van der Waals surface area contributed by atoms with Crippen LogP contribution in [0, 0.1) is 5.41 Å². The van der Waals surface area contributed by atoms with Crippen LogP contribution in [0.1, 0.15) is 33.6 Å². The van der Waals surface area contributed by atoms with Crippen molar-refractivity contribution in [3.05, 3.63) is 0 Å². The lowest BCUT2D eigenvalue weighted by Crippen LogP contribution is -2.49. The number of carbonyl (C=O) groups excluding carboxylic acids is 1. The first kappa shape index (κ1) is 15.3. The van der Waals surface area contributed by atoms with E-state index in [9.17, 15) is 4.79 Å². The van der Waals surface area contributed by atoms with Crippen LogP contribution < -0.4 is 0 Å². The average Bonchev–Trinajstić information content (AvgIpc) is 2.27. The van der Waals surface area contributed by atoms with E-state index in [2.05, 4.69) is 31.9 Å². The van der Waals surface area contributed by atoms with Crippen molar-refractivity contribution in [2.45, 2.75) is 39.2 Å². The van der Waals surface area contributed by atoms with Crippen molar-refractivity contribution in [1.82, 2.24) is 4.90 Å². The number of amides is 1. The van der Waals surface area contributed by atoms with Gasteiger partial charge in [-0.05, 0) is 33.6 Å². The van der Waals surface area contributed by atoms with E-state index in [-0.39, 0.29) is 11.5 Å². The molecule has 0 spiro atoms. The maximum atomic E-state index is 12.0. The van der Waals surface area contributed by atoms with E-state index < -0.39 is 5.60 Å². The van der Waals surface area contributed by atoms with Crippen LogP contribution in [0.5, 0.6) is 0 Å². The summed E-state index contributed by atoms with van der Waals surface area (Å²) in [5.41, 5.74) is -0.269. The molecule has 5 heteroatoms. The van der Waals surface area contributed by atoms with Gasteiger partial charge in [0, 0.05) is 29.2 Å². The first-order valence-corrected chi connectivity index (χ1v) is 8.16. The summed E-state index contributed by atoms with van der Waals surface area (Å²) >= 11 is 7.12. The molecular weight excluding hydrogens is 350 g/mol. The van der Waals surface area contributed by atoms with Crippen LogP contribution in [-0.2, 0) is 4.74 Å². The maximum Gasteiger partial charge on any atom is 0.410 e. The molecule has 1 fully saturated rings. The van der Waals surface area contributed by atoms with Crippen molar-refractivity contribution in [3.63, 3.8) is 0 Å². The quantitative estimate of drug-likeness (QED) is 0.692. The van der Waals surface area contributed by atoms with E-state index in [0.717, 1.165) is 36.6 Å². The Morgan fingerprint density at radius 1 is 1.35 bits per heavy atom. The minimum atomic E-state index is -0.417. The van der Waals surface area contributed by atoms with E-state index in [1.807, 2.05) is 25.7 Å². The molecule has 1 amide bonds. The number of carbonyl (C=O) groups is 1. The van der Waals surface area contributed by atoms with Gasteiger partial charge in [0.25, 0.3) is 0 Å². The number of alkyl halides is 2. The van der Waals surface area contributed by atoms with E-state index in [1.54, 1.807) is 0 Å². The molecule has 0 N–H and O–H groups in total. The minimum Gasteiger partial charge on any atom is -0.444 e. The van der Waals surface area contributed by atoms with Crippen molar-refractivity contribution in [2.75, 3.05) is 23.7 Å². The lowest BCUT2D eigenvalue weighted by molar-refractivity contribution is 0.0104. The average molecular weight is 371 g/mol. The number of ether oxygens (including phenoxy) is 1. The van der Waals surface area contributed by atoms with Gasteiger partial charge in [-0.25, -0.2) is 4.79 Å². The van der Waals surface area contributed by atoms with E-state index in [0.29, 0.717) is 0 Å². The third kappa shape index (κ3) is 4.43. The van der Waals surface area contributed by atoms with Gasteiger partial charge in [0.05, 0.1) is 0 Å². The van der Waals surface area contributed by atoms with Crippen LogP contribution in [0.25, 0.3) is 0 Å². The fourth-order valence-electron chi connectivity index (χ4n) is 1.94. The first-order chi connectivity index (χ1) is 7.82. The molecule has 1 saturated heterocycles. The third-order valence-corrected chi connectivity index (χ3v) is 5.26. The summed E-state index contributed by atoms with van der Waals surface area (Å²) < 4.78 is 5.42. The lowest BCUT2D eigenvalue weighted by atomic mass is 9.84. The van der Waals surface area contributed by atoms with Crippen LogP contribution in [-0.4, -0.2) is 40.3 Å². The lowest BCUT2D eigenvalue weighted by Gasteiger charge is -2.41. The zero-order chi connectivity index (χ0) is 13.1. The molecule has 1 rings (SSSR count). The molecule has 0 aromatic rings. The number of nitrogens with zero attached hydrogens (tertiary/aromatic N) is 1. The van der Waals surface area contributed by atoms with E-state index >= 15 is 0 Å². The minimum absolute atomic E-state index is 0.148. The van der Waals surface area contributed by atoms with Gasteiger partial charge in [-0.15, -0.1) is 0 Å². The summed E-state index contributed by atoms with van der Waals surface area (Å²) in [6.45, 7) is 7.26. The van der Waals surface area contributed by atoms with E-state index in [1.165, 1.54) is 0 Å². The van der Waals surface area contributed by atoms with Gasteiger partial charge in [-0.2, -0.15) is 0 Å². The molecule has 0 atom stereocenters. The highest BCUT2D eigenvalue weighted by Crippen LogP contribution is 2.34. The fraction of sp³-hybridized carbons (Fsp3) is 0.917. The Bertz CT molecular complexity index is 272. The topological polar surface area (TPSA) is 29.5 Å². The van der Waals surface area contributed by atoms with Crippen LogP contribution in [0.3, 0.4) is 0 Å². The number of piperidine rings is 1. The van der Waals surface area contributed by atoms with E-state index in [4.69, 9.17) is 4.74 Å². The summed E-state index contributed by atoms with van der Waals surface area (Å²) in [6, 6.07) is 0. The summed E-state index contributed by atoms with van der Waals surface area (Å²) in [7, 11) is 0. The highest BCUT2D eigenvalue weighted by Gasteiger charge is 2.36. The van der Waals surface area contributed by atoms with Crippen molar-refractivity contribution in [2.24, 2.45) is 5.41 Å². The molecular formula is C12H21Br2NO2. The molecule has 0 radical (unpaired) electrons. The number of halogens is 2. The number of likely N-dealkylation sites (tertiary alicyclic amines) is 1. The van der Waals surface area contributed by atoms with Gasteiger partial charge in [0.2, 0.25) is 0 Å². The van der Waals surface area contributed by atoms with Gasteiger partial charge in [-0.3, -0.25) is 0 Å². The third-order valence-electron chi connectivity index (χ3n) is 2.88. The largest absolute Gasteiger partial charge is 0.444 e. The van der Waals surface area contributed by atoms with Crippen LogP contribution in [0.15, 0.2) is 0 Å². The monoisotopic (exact) mass is 369 g/mol. The number of hydrogen-bond donors (Lipinski definition) is 0. The smallest absolute Gasteiger partial charge is 0.410 e. The highest BCUT2D eigenvalue weighted by atomic mass is 79.9. The molecule has 100 valence electrons. The summed E-state index contributed by atoms with van der Waals surface area (Å²) in [4.78, 5) is 13.8. The Morgan fingerprint density at radius 3 is 2.41 bits per heavy atom. The second kappa shape index (κ2) is 5.91. The summed E-state index contributed by atoms with van der Waals surface area (Å²) in [5, 5.41) is 1.81.